The summed E-state index contributed by atoms with van der Waals surface area (Å²) >= 11 is 6.26. The zero-order valence-electron chi connectivity index (χ0n) is 10.4. The summed E-state index contributed by atoms with van der Waals surface area (Å²) in [4.78, 5) is 13.5. The van der Waals surface area contributed by atoms with Crippen molar-refractivity contribution in [3.63, 3.8) is 0 Å². The van der Waals surface area contributed by atoms with Crippen LogP contribution in [0, 0.1) is 0 Å². The van der Waals surface area contributed by atoms with Crippen molar-refractivity contribution in [3.05, 3.63) is 23.2 Å². The molecule has 1 heterocycles. The number of carbonyl (C=O) groups is 1. The summed E-state index contributed by atoms with van der Waals surface area (Å²) in [7, 11) is 0. The average Bonchev–Trinajstić information content (AvgIpc) is 2.40. The van der Waals surface area contributed by atoms with E-state index in [1.165, 1.54) is 0 Å². The minimum Gasteiger partial charge on any atom is -0.378 e. The van der Waals surface area contributed by atoms with E-state index < -0.39 is 0 Å². The lowest BCUT2D eigenvalue weighted by Gasteiger charge is -2.29. The maximum absolute atomic E-state index is 11.3. The molecule has 4 nitrogen and oxygen atoms in total. The van der Waals surface area contributed by atoms with Crippen molar-refractivity contribution in [2.75, 3.05) is 36.5 Å². The topological polar surface area (TPSA) is 41.6 Å². The SMILES string of the molecule is CCC(=O)Nc1ccc(N2CCOCC2)c(Cl)c1. The van der Waals surface area contributed by atoms with Gasteiger partial charge < -0.3 is 15.0 Å². The Morgan fingerprint density at radius 2 is 2.17 bits per heavy atom. The summed E-state index contributed by atoms with van der Waals surface area (Å²) < 4.78 is 5.31. The van der Waals surface area contributed by atoms with E-state index in [-0.39, 0.29) is 5.91 Å². The molecular weight excluding hydrogens is 252 g/mol. The normalized spacial score (nSPS) is 15.6. The number of carbonyl (C=O) groups excluding carboxylic acids is 1. The summed E-state index contributed by atoms with van der Waals surface area (Å²) in [6, 6.07) is 5.61. The van der Waals surface area contributed by atoms with Crippen LogP contribution >= 0.6 is 11.6 Å². The van der Waals surface area contributed by atoms with E-state index in [0.29, 0.717) is 11.4 Å². The van der Waals surface area contributed by atoms with Crippen LogP contribution in [-0.2, 0) is 9.53 Å². The van der Waals surface area contributed by atoms with Crippen LogP contribution in [-0.4, -0.2) is 32.2 Å². The first kappa shape index (κ1) is 13.2. The molecule has 0 spiro atoms. The quantitative estimate of drug-likeness (QED) is 0.916. The second kappa shape index (κ2) is 6.07. The maximum atomic E-state index is 11.3. The second-order valence-electron chi connectivity index (χ2n) is 4.17. The third-order valence-corrected chi connectivity index (χ3v) is 3.21. The van der Waals surface area contributed by atoms with Gasteiger partial charge in [-0.1, -0.05) is 18.5 Å². The number of nitrogens with zero attached hydrogens (tertiary/aromatic N) is 1. The van der Waals surface area contributed by atoms with Crippen molar-refractivity contribution in [1.82, 2.24) is 0 Å². The number of morpholine rings is 1. The van der Waals surface area contributed by atoms with Gasteiger partial charge in [0.1, 0.15) is 0 Å². The fourth-order valence-corrected chi connectivity index (χ4v) is 2.19. The van der Waals surface area contributed by atoms with Gasteiger partial charge in [0.15, 0.2) is 0 Å². The Hall–Kier alpha value is -1.26. The highest BCUT2D eigenvalue weighted by molar-refractivity contribution is 6.33. The number of ether oxygens (including phenoxy) is 1. The molecule has 0 unspecified atom stereocenters. The van der Waals surface area contributed by atoms with Crippen molar-refractivity contribution in [2.24, 2.45) is 0 Å². The molecule has 98 valence electrons. The van der Waals surface area contributed by atoms with Crippen molar-refractivity contribution in [3.8, 4) is 0 Å². The Kier molecular flexibility index (Phi) is 4.44. The lowest BCUT2D eigenvalue weighted by molar-refractivity contribution is -0.115. The van der Waals surface area contributed by atoms with Gasteiger partial charge in [-0.15, -0.1) is 0 Å². The summed E-state index contributed by atoms with van der Waals surface area (Å²) in [5.74, 6) is -0.00908. The van der Waals surface area contributed by atoms with E-state index in [9.17, 15) is 4.79 Å². The van der Waals surface area contributed by atoms with Crippen LogP contribution in [0.3, 0.4) is 0 Å². The van der Waals surface area contributed by atoms with Crippen molar-refractivity contribution < 1.29 is 9.53 Å². The van der Waals surface area contributed by atoms with Crippen LogP contribution in [0.25, 0.3) is 0 Å². The molecule has 0 aromatic heterocycles. The predicted octanol–water partition coefficient (Wildman–Crippen LogP) is 2.53. The molecule has 0 atom stereocenters. The molecule has 0 radical (unpaired) electrons. The Labute approximate surface area is 112 Å². The second-order valence-corrected chi connectivity index (χ2v) is 4.57. The fraction of sp³-hybridized carbons (Fsp3) is 0.462. The van der Waals surface area contributed by atoms with Gasteiger partial charge in [-0.2, -0.15) is 0 Å². The molecule has 1 aromatic carbocycles. The summed E-state index contributed by atoms with van der Waals surface area (Å²) in [6.45, 7) is 4.97. The molecule has 0 bridgehead atoms. The molecule has 1 fully saturated rings. The van der Waals surface area contributed by atoms with Gasteiger partial charge in [0.05, 0.1) is 23.9 Å². The third kappa shape index (κ3) is 3.15. The minimum atomic E-state index is -0.00908. The third-order valence-electron chi connectivity index (χ3n) is 2.90. The lowest BCUT2D eigenvalue weighted by atomic mass is 10.2. The van der Waals surface area contributed by atoms with Gasteiger partial charge in [0.2, 0.25) is 5.91 Å². The summed E-state index contributed by atoms with van der Waals surface area (Å²) in [5.41, 5.74) is 1.73. The predicted molar refractivity (Wildman–Crippen MR) is 73.4 cm³/mol. The number of anilines is 2. The molecule has 1 aliphatic rings. The number of hydrogen-bond acceptors (Lipinski definition) is 3. The molecule has 5 heteroatoms. The minimum absolute atomic E-state index is 0.00908. The number of rotatable bonds is 3. The smallest absolute Gasteiger partial charge is 0.224 e. The number of hydrogen-bond donors (Lipinski definition) is 1. The number of amides is 1. The maximum Gasteiger partial charge on any atom is 0.224 e. The summed E-state index contributed by atoms with van der Waals surface area (Å²) in [6.07, 6.45) is 0.461. The molecule has 1 saturated heterocycles. The summed E-state index contributed by atoms with van der Waals surface area (Å²) in [5, 5.41) is 3.45. The van der Waals surface area contributed by atoms with Gasteiger partial charge in [-0.25, -0.2) is 0 Å². The number of halogens is 1. The zero-order chi connectivity index (χ0) is 13.0. The van der Waals surface area contributed by atoms with Gasteiger partial charge in [-0.05, 0) is 18.2 Å². The monoisotopic (exact) mass is 268 g/mol. The first-order chi connectivity index (χ1) is 8.70. The van der Waals surface area contributed by atoms with Gasteiger partial charge in [0.25, 0.3) is 0 Å². The highest BCUT2D eigenvalue weighted by Gasteiger charge is 2.14. The fourth-order valence-electron chi connectivity index (χ4n) is 1.89. The van der Waals surface area contributed by atoms with Gasteiger partial charge in [0, 0.05) is 25.2 Å². The van der Waals surface area contributed by atoms with E-state index in [1.807, 2.05) is 19.1 Å². The molecule has 0 saturated carbocycles. The number of nitrogens with one attached hydrogen (secondary N) is 1. The zero-order valence-corrected chi connectivity index (χ0v) is 11.2. The van der Waals surface area contributed by atoms with Crippen molar-refractivity contribution in [2.45, 2.75) is 13.3 Å². The lowest BCUT2D eigenvalue weighted by Crippen LogP contribution is -2.36. The average molecular weight is 269 g/mol. The molecule has 1 aliphatic heterocycles. The first-order valence-corrected chi connectivity index (χ1v) is 6.50. The van der Waals surface area contributed by atoms with Crippen molar-refractivity contribution in [1.29, 1.82) is 0 Å². The van der Waals surface area contributed by atoms with Crippen LogP contribution in [0.1, 0.15) is 13.3 Å². The number of benzene rings is 1. The Morgan fingerprint density at radius 1 is 1.44 bits per heavy atom. The van der Waals surface area contributed by atoms with Crippen LogP contribution in [0.5, 0.6) is 0 Å². The molecule has 18 heavy (non-hydrogen) atoms. The highest BCUT2D eigenvalue weighted by atomic mass is 35.5. The highest BCUT2D eigenvalue weighted by Crippen LogP contribution is 2.29. The molecule has 1 amide bonds. The molecule has 2 rings (SSSR count). The van der Waals surface area contributed by atoms with Crippen LogP contribution < -0.4 is 10.2 Å². The van der Waals surface area contributed by atoms with E-state index in [4.69, 9.17) is 16.3 Å². The molecular formula is C13H17ClN2O2. The molecule has 1 N–H and O–H groups in total. The van der Waals surface area contributed by atoms with Crippen molar-refractivity contribution >= 4 is 28.9 Å². The largest absolute Gasteiger partial charge is 0.378 e. The molecule has 0 aliphatic carbocycles. The van der Waals surface area contributed by atoms with E-state index >= 15 is 0 Å². The van der Waals surface area contributed by atoms with E-state index in [2.05, 4.69) is 10.2 Å². The van der Waals surface area contributed by atoms with E-state index in [1.54, 1.807) is 6.07 Å². The van der Waals surface area contributed by atoms with E-state index in [0.717, 1.165) is 37.7 Å². The Bertz CT molecular complexity index is 431. The van der Waals surface area contributed by atoms with Crippen LogP contribution in [0.4, 0.5) is 11.4 Å². The molecule has 1 aromatic rings. The first-order valence-electron chi connectivity index (χ1n) is 6.13. The van der Waals surface area contributed by atoms with Crippen LogP contribution in [0.2, 0.25) is 5.02 Å². The Balaban J connectivity index is 2.11. The van der Waals surface area contributed by atoms with Gasteiger partial charge in [-0.3, -0.25) is 4.79 Å². The van der Waals surface area contributed by atoms with Crippen LogP contribution in [0.15, 0.2) is 18.2 Å². The Morgan fingerprint density at radius 3 is 2.78 bits per heavy atom. The standard InChI is InChI=1S/C13H17ClN2O2/c1-2-13(17)15-10-3-4-12(11(14)9-10)16-5-7-18-8-6-16/h3-4,9H,2,5-8H2,1H3,(H,15,17). The van der Waals surface area contributed by atoms with Gasteiger partial charge >= 0.3 is 0 Å².